The van der Waals surface area contributed by atoms with Crippen molar-refractivity contribution in [3.8, 4) is 0 Å². The Bertz CT molecular complexity index is 1410. The average molecular weight is 566 g/mol. The van der Waals surface area contributed by atoms with E-state index < -0.39 is 40.6 Å². The van der Waals surface area contributed by atoms with Crippen LogP contribution in [0.3, 0.4) is 0 Å². The fraction of sp³-hybridized carbons (Fsp3) is 0.357. The summed E-state index contributed by atoms with van der Waals surface area (Å²) in [6.45, 7) is 5.46. The Morgan fingerprint density at radius 1 is 1.10 bits per heavy atom. The smallest absolute Gasteiger partial charge is 0.234 e. The van der Waals surface area contributed by atoms with Crippen LogP contribution in [-0.4, -0.2) is 29.9 Å². The zero-order valence-corrected chi connectivity index (χ0v) is 22.3. The molecule has 0 saturated heterocycles. The minimum Gasteiger partial charge on any atom is -0.447 e. The predicted octanol–water partition coefficient (Wildman–Crippen LogP) is 6.38. The molecule has 1 amide bonds. The van der Waals surface area contributed by atoms with Crippen LogP contribution >= 0.6 is 11.6 Å². The lowest BCUT2D eigenvalue weighted by atomic mass is 9.74. The van der Waals surface area contributed by atoms with E-state index in [9.17, 15) is 18.7 Å². The van der Waals surface area contributed by atoms with Gasteiger partial charge in [0.1, 0.15) is 34.7 Å². The number of carbonyl (C=O) groups is 1. The largest absolute Gasteiger partial charge is 0.447 e. The lowest BCUT2D eigenvalue weighted by Crippen LogP contribution is -2.48. The van der Waals surface area contributed by atoms with Gasteiger partial charge in [0.15, 0.2) is 11.0 Å². The van der Waals surface area contributed by atoms with Crippen LogP contribution in [0.2, 0.25) is 5.22 Å². The van der Waals surface area contributed by atoms with E-state index in [-0.39, 0.29) is 46.5 Å². The van der Waals surface area contributed by atoms with Crippen molar-refractivity contribution in [2.75, 3.05) is 18.2 Å². The normalized spacial score (nSPS) is 19.4. The van der Waals surface area contributed by atoms with E-state index in [1.807, 2.05) is 13.8 Å². The van der Waals surface area contributed by atoms with Crippen LogP contribution in [0.5, 0.6) is 0 Å². The maximum absolute atomic E-state index is 15.1. The minimum absolute atomic E-state index is 0.0140. The number of aliphatic hydroxyl groups excluding tert-OH is 1. The van der Waals surface area contributed by atoms with Crippen molar-refractivity contribution in [1.82, 2.24) is 5.32 Å². The van der Waals surface area contributed by atoms with Crippen LogP contribution in [0, 0.1) is 34.1 Å². The number of amides is 1. The summed E-state index contributed by atoms with van der Waals surface area (Å²) in [6, 6.07) is 7.39. The zero-order chi connectivity index (χ0) is 28.5. The SMILES string of the molecule is CC(C)(CO)CCCNC(=O)C1(C)C(c2ccc(F)cc2F)=NN(c2ccc(F)cc2F)C1c1ccc(Cl)o1. The Kier molecular flexibility index (Phi) is 8.09. The maximum Gasteiger partial charge on any atom is 0.234 e. The van der Waals surface area contributed by atoms with E-state index in [4.69, 9.17) is 16.0 Å². The third kappa shape index (κ3) is 5.67. The standard InChI is InChI=1S/C28H28ClF4N3O3/c1-27(2,15-37)11-4-12-34-26(38)28(3)24(18-7-5-16(30)13-19(18)32)35-36(21-8-6-17(31)14-20(21)33)25(28)22-9-10-23(29)39-22/h5-10,13-14,25,37H,4,11-12,15H2,1-3H3,(H,34,38). The van der Waals surface area contributed by atoms with E-state index in [2.05, 4.69) is 10.4 Å². The molecule has 2 atom stereocenters. The minimum atomic E-state index is -1.72. The third-order valence-corrected chi connectivity index (χ3v) is 7.12. The van der Waals surface area contributed by atoms with Crippen molar-refractivity contribution in [3.63, 3.8) is 0 Å². The summed E-state index contributed by atoms with van der Waals surface area (Å²) in [6.07, 6.45) is 1.14. The molecule has 11 heteroatoms. The molecule has 2 N–H and O–H groups in total. The second kappa shape index (κ2) is 11.0. The Labute approximate surface area is 228 Å². The molecule has 2 aromatic carbocycles. The number of hydrogen-bond donors (Lipinski definition) is 2. The molecule has 0 bridgehead atoms. The Morgan fingerprint density at radius 2 is 1.77 bits per heavy atom. The van der Waals surface area contributed by atoms with Gasteiger partial charge in [-0.2, -0.15) is 5.10 Å². The number of nitrogens with one attached hydrogen (secondary N) is 1. The fourth-order valence-corrected chi connectivity index (χ4v) is 4.81. The summed E-state index contributed by atoms with van der Waals surface area (Å²) < 4.78 is 63.4. The summed E-state index contributed by atoms with van der Waals surface area (Å²) >= 11 is 6.04. The van der Waals surface area contributed by atoms with E-state index in [1.54, 1.807) is 0 Å². The molecule has 1 aromatic heterocycles. The molecule has 0 spiro atoms. The van der Waals surface area contributed by atoms with Crippen LogP contribution in [0.1, 0.15) is 51.0 Å². The quantitative estimate of drug-likeness (QED) is 0.233. The Hall–Kier alpha value is -3.37. The number of rotatable bonds is 9. The molecule has 208 valence electrons. The molecule has 39 heavy (non-hydrogen) atoms. The Balaban J connectivity index is 1.84. The van der Waals surface area contributed by atoms with E-state index in [1.165, 1.54) is 19.1 Å². The van der Waals surface area contributed by atoms with E-state index in [0.717, 1.165) is 29.3 Å². The van der Waals surface area contributed by atoms with Gasteiger partial charge in [-0.3, -0.25) is 9.80 Å². The first-order valence-corrected chi connectivity index (χ1v) is 12.7. The van der Waals surface area contributed by atoms with E-state index >= 15 is 8.78 Å². The van der Waals surface area contributed by atoms with Gasteiger partial charge in [0, 0.05) is 30.8 Å². The summed E-state index contributed by atoms with van der Waals surface area (Å²) in [4.78, 5) is 13.9. The highest BCUT2D eigenvalue weighted by molar-refractivity contribution is 6.28. The van der Waals surface area contributed by atoms with Crippen molar-refractivity contribution < 1.29 is 31.9 Å². The second-order valence-corrected chi connectivity index (χ2v) is 10.8. The predicted molar refractivity (Wildman–Crippen MR) is 139 cm³/mol. The summed E-state index contributed by atoms with van der Waals surface area (Å²) in [5, 5.41) is 17.9. The highest BCUT2D eigenvalue weighted by Gasteiger charge is 2.56. The number of carbonyl (C=O) groups excluding carboxylic acids is 1. The molecule has 2 heterocycles. The Morgan fingerprint density at radius 3 is 2.36 bits per heavy atom. The van der Waals surface area contributed by atoms with Gasteiger partial charge in [0.2, 0.25) is 5.91 Å². The van der Waals surface area contributed by atoms with E-state index in [0.29, 0.717) is 25.0 Å². The number of furan rings is 1. The number of anilines is 1. The van der Waals surface area contributed by atoms with Crippen molar-refractivity contribution >= 4 is 28.9 Å². The van der Waals surface area contributed by atoms with Crippen molar-refractivity contribution in [3.05, 3.63) is 88.3 Å². The number of aliphatic hydroxyl groups is 1. The number of nitrogens with zero attached hydrogens (tertiary/aromatic N) is 2. The number of benzene rings is 2. The first-order valence-electron chi connectivity index (χ1n) is 12.3. The number of halogens is 5. The molecule has 0 aliphatic carbocycles. The third-order valence-electron chi connectivity index (χ3n) is 6.91. The lowest BCUT2D eigenvalue weighted by Gasteiger charge is -2.34. The van der Waals surface area contributed by atoms with Crippen LogP contribution in [0.25, 0.3) is 0 Å². The van der Waals surface area contributed by atoms with Crippen LogP contribution in [-0.2, 0) is 4.79 Å². The lowest BCUT2D eigenvalue weighted by molar-refractivity contribution is -0.127. The summed E-state index contributed by atoms with van der Waals surface area (Å²) in [7, 11) is 0. The highest BCUT2D eigenvalue weighted by atomic mass is 35.5. The molecule has 1 aliphatic rings. The van der Waals surface area contributed by atoms with Gasteiger partial charge in [-0.05, 0) is 73.2 Å². The van der Waals surface area contributed by atoms with Gasteiger partial charge in [0.25, 0.3) is 0 Å². The topological polar surface area (TPSA) is 78.1 Å². The van der Waals surface area contributed by atoms with Crippen molar-refractivity contribution in [1.29, 1.82) is 0 Å². The molecule has 6 nitrogen and oxygen atoms in total. The molecule has 0 saturated carbocycles. The van der Waals surface area contributed by atoms with Crippen molar-refractivity contribution in [2.45, 2.75) is 39.7 Å². The van der Waals surface area contributed by atoms with Gasteiger partial charge in [-0.15, -0.1) is 0 Å². The van der Waals surface area contributed by atoms with Gasteiger partial charge in [-0.1, -0.05) is 13.8 Å². The average Bonchev–Trinajstić information content (AvgIpc) is 3.42. The number of hydrogen-bond acceptors (Lipinski definition) is 5. The first kappa shape index (κ1) is 28.6. The fourth-order valence-electron chi connectivity index (χ4n) is 4.66. The van der Waals surface area contributed by atoms with Gasteiger partial charge < -0.3 is 14.8 Å². The maximum atomic E-state index is 15.1. The second-order valence-electron chi connectivity index (χ2n) is 10.4. The van der Waals surface area contributed by atoms with Gasteiger partial charge in [-0.25, -0.2) is 17.6 Å². The number of hydrazone groups is 1. The molecule has 1 aliphatic heterocycles. The molecule has 3 aromatic rings. The summed E-state index contributed by atoms with van der Waals surface area (Å²) in [5.41, 5.74) is -2.56. The van der Waals surface area contributed by atoms with Crippen LogP contribution in [0.4, 0.5) is 23.2 Å². The van der Waals surface area contributed by atoms with Gasteiger partial charge >= 0.3 is 0 Å². The van der Waals surface area contributed by atoms with Crippen LogP contribution in [0.15, 0.2) is 58.0 Å². The van der Waals surface area contributed by atoms with Crippen LogP contribution < -0.4 is 10.3 Å². The molecular weight excluding hydrogens is 538 g/mol. The zero-order valence-electron chi connectivity index (χ0n) is 21.6. The van der Waals surface area contributed by atoms with Crippen molar-refractivity contribution in [2.24, 2.45) is 15.9 Å². The molecular formula is C28H28ClF4N3O3. The highest BCUT2D eigenvalue weighted by Crippen LogP contribution is 2.50. The molecule has 4 rings (SSSR count). The molecule has 0 radical (unpaired) electrons. The first-order chi connectivity index (χ1) is 18.4. The molecule has 2 unspecified atom stereocenters. The summed E-state index contributed by atoms with van der Waals surface area (Å²) in [5.74, 6) is -4.08. The monoisotopic (exact) mass is 565 g/mol. The van der Waals surface area contributed by atoms with Gasteiger partial charge in [0.05, 0.1) is 11.4 Å². The molecule has 0 fully saturated rings.